The van der Waals surface area contributed by atoms with E-state index in [1.807, 2.05) is 24.3 Å². The number of methoxy groups -OCH3 is 1. The fourth-order valence-electron chi connectivity index (χ4n) is 2.70. The van der Waals surface area contributed by atoms with Gasteiger partial charge in [-0.15, -0.1) is 5.10 Å². The highest BCUT2D eigenvalue weighted by Crippen LogP contribution is 2.17. The third-order valence-corrected chi connectivity index (χ3v) is 4.21. The van der Waals surface area contributed by atoms with Crippen molar-refractivity contribution in [3.05, 3.63) is 71.1 Å². The van der Waals surface area contributed by atoms with Crippen molar-refractivity contribution >= 4 is 11.9 Å². The summed E-state index contributed by atoms with van der Waals surface area (Å²) in [6.45, 7) is 4.32. The van der Waals surface area contributed by atoms with E-state index in [1.165, 1.54) is 5.56 Å². The third kappa shape index (κ3) is 5.17. The highest BCUT2D eigenvalue weighted by Gasteiger charge is 2.11. The molecule has 1 heterocycles. The average molecular weight is 365 g/mol. The number of carbonyl (C=O) groups excluding carboxylic acids is 1. The van der Waals surface area contributed by atoms with Crippen molar-refractivity contribution in [1.82, 2.24) is 10.2 Å². The summed E-state index contributed by atoms with van der Waals surface area (Å²) in [5.41, 5.74) is 3.21. The molecular weight excluding hydrogens is 342 g/mol. The molecule has 6 heteroatoms. The van der Waals surface area contributed by atoms with Gasteiger partial charge in [0, 0.05) is 0 Å². The predicted octanol–water partition coefficient (Wildman–Crippen LogP) is 3.97. The zero-order valence-corrected chi connectivity index (χ0v) is 15.7. The van der Waals surface area contributed by atoms with Gasteiger partial charge in [-0.25, -0.2) is 0 Å². The summed E-state index contributed by atoms with van der Waals surface area (Å²) in [5.74, 6) is 1.45. The van der Waals surface area contributed by atoms with Crippen LogP contribution in [-0.2, 0) is 17.6 Å². The van der Waals surface area contributed by atoms with Crippen LogP contribution in [0, 0.1) is 0 Å². The third-order valence-electron chi connectivity index (χ3n) is 4.21. The predicted molar refractivity (Wildman–Crippen MR) is 103 cm³/mol. The van der Waals surface area contributed by atoms with Gasteiger partial charge in [0.15, 0.2) is 0 Å². The maximum atomic E-state index is 12.2. The van der Waals surface area contributed by atoms with Crippen molar-refractivity contribution in [1.29, 1.82) is 0 Å². The molecule has 3 rings (SSSR count). The Morgan fingerprint density at radius 1 is 1.11 bits per heavy atom. The Labute approximate surface area is 158 Å². The van der Waals surface area contributed by atoms with Gasteiger partial charge in [0.1, 0.15) is 5.75 Å². The molecular formula is C21H23N3O3. The molecule has 0 saturated carbocycles. The molecule has 0 spiro atoms. The molecule has 0 radical (unpaired) electrons. The average Bonchev–Trinajstić information content (AvgIpc) is 3.08. The number of hydrogen-bond acceptors (Lipinski definition) is 5. The lowest BCUT2D eigenvalue weighted by atomic mass is 10.0. The van der Waals surface area contributed by atoms with Crippen LogP contribution < -0.4 is 10.1 Å². The molecule has 1 N–H and O–H groups in total. The minimum Gasteiger partial charge on any atom is -0.497 e. The van der Waals surface area contributed by atoms with Gasteiger partial charge in [-0.1, -0.05) is 55.3 Å². The molecule has 0 unspecified atom stereocenters. The summed E-state index contributed by atoms with van der Waals surface area (Å²) in [6.07, 6.45) is 0.725. The standard InChI is InChI=1S/C21H23N3O3/c1-14(2)17-9-7-15(8-10-17)13-20-23-24-21(27-20)22-19(25)12-16-5-4-6-18(11-16)26-3/h4-11,14H,12-13H2,1-3H3,(H,22,24,25). The van der Waals surface area contributed by atoms with Gasteiger partial charge < -0.3 is 9.15 Å². The Kier molecular flexibility index (Phi) is 5.86. The first-order valence-electron chi connectivity index (χ1n) is 8.87. The summed E-state index contributed by atoms with van der Waals surface area (Å²) in [4.78, 5) is 12.2. The maximum absolute atomic E-state index is 12.2. The molecule has 0 aliphatic carbocycles. The zero-order chi connectivity index (χ0) is 19.2. The Balaban J connectivity index is 1.57. The number of hydrogen-bond donors (Lipinski definition) is 1. The molecule has 0 aliphatic heterocycles. The van der Waals surface area contributed by atoms with E-state index in [-0.39, 0.29) is 18.3 Å². The highest BCUT2D eigenvalue weighted by molar-refractivity contribution is 5.90. The van der Waals surface area contributed by atoms with Crippen molar-refractivity contribution in [2.75, 3.05) is 12.4 Å². The van der Waals surface area contributed by atoms with Crippen molar-refractivity contribution in [3.8, 4) is 5.75 Å². The van der Waals surface area contributed by atoms with Crippen LogP contribution in [0.4, 0.5) is 6.01 Å². The topological polar surface area (TPSA) is 77.2 Å². The SMILES string of the molecule is COc1cccc(CC(=O)Nc2nnc(Cc3ccc(C(C)C)cc3)o2)c1. The molecule has 0 atom stereocenters. The van der Waals surface area contributed by atoms with Crippen molar-refractivity contribution in [3.63, 3.8) is 0 Å². The van der Waals surface area contributed by atoms with E-state index in [1.54, 1.807) is 7.11 Å². The van der Waals surface area contributed by atoms with E-state index in [9.17, 15) is 4.79 Å². The van der Waals surface area contributed by atoms with Crippen LogP contribution in [0.1, 0.15) is 42.3 Å². The number of amides is 1. The second kappa shape index (κ2) is 8.49. The molecule has 0 fully saturated rings. The molecule has 27 heavy (non-hydrogen) atoms. The monoisotopic (exact) mass is 365 g/mol. The first-order valence-corrected chi connectivity index (χ1v) is 8.87. The van der Waals surface area contributed by atoms with E-state index in [2.05, 4.69) is 53.6 Å². The van der Waals surface area contributed by atoms with Gasteiger partial charge in [-0.3, -0.25) is 10.1 Å². The van der Waals surface area contributed by atoms with Gasteiger partial charge >= 0.3 is 6.01 Å². The molecule has 6 nitrogen and oxygen atoms in total. The second-order valence-electron chi connectivity index (χ2n) is 6.65. The summed E-state index contributed by atoms with van der Waals surface area (Å²) in [5, 5.41) is 10.5. The number of nitrogens with zero attached hydrogens (tertiary/aromatic N) is 2. The van der Waals surface area contributed by atoms with Crippen LogP contribution >= 0.6 is 0 Å². The van der Waals surface area contributed by atoms with Gasteiger partial charge in [0.25, 0.3) is 0 Å². The van der Waals surface area contributed by atoms with Crippen molar-refractivity contribution in [2.45, 2.75) is 32.6 Å². The highest BCUT2D eigenvalue weighted by atomic mass is 16.5. The molecule has 1 amide bonds. The van der Waals surface area contributed by atoms with Crippen molar-refractivity contribution in [2.24, 2.45) is 0 Å². The minimum absolute atomic E-state index is 0.108. The Bertz CT molecular complexity index is 901. The quantitative estimate of drug-likeness (QED) is 0.685. The van der Waals surface area contributed by atoms with Crippen LogP contribution in [0.2, 0.25) is 0 Å². The second-order valence-corrected chi connectivity index (χ2v) is 6.65. The van der Waals surface area contributed by atoms with Gasteiger partial charge in [-0.05, 0) is 34.7 Å². The van der Waals surface area contributed by atoms with Crippen molar-refractivity contribution < 1.29 is 13.9 Å². The Hall–Kier alpha value is -3.15. The summed E-state index contributed by atoms with van der Waals surface area (Å²) < 4.78 is 10.7. The smallest absolute Gasteiger partial charge is 0.322 e. The molecule has 1 aromatic heterocycles. The number of carbonyl (C=O) groups is 1. The molecule has 0 saturated heterocycles. The zero-order valence-electron chi connectivity index (χ0n) is 15.7. The lowest BCUT2D eigenvalue weighted by Crippen LogP contribution is -2.14. The molecule has 0 bridgehead atoms. The Morgan fingerprint density at radius 2 is 1.89 bits per heavy atom. The Morgan fingerprint density at radius 3 is 2.59 bits per heavy atom. The molecule has 140 valence electrons. The number of ether oxygens (including phenoxy) is 1. The van der Waals surface area contributed by atoms with E-state index in [0.29, 0.717) is 24.0 Å². The molecule has 0 aliphatic rings. The van der Waals surface area contributed by atoms with Gasteiger partial charge in [0.05, 0.1) is 20.0 Å². The van der Waals surface area contributed by atoms with Crippen LogP contribution in [0.25, 0.3) is 0 Å². The van der Waals surface area contributed by atoms with Gasteiger partial charge in [0.2, 0.25) is 11.8 Å². The largest absolute Gasteiger partial charge is 0.497 e. The van der Waals surface area contributed by atoms with Crippen LogP contribution in [0.15, 0.2) is 52.9 Å². The molecule has 2 aromatic carbocycles. The summed E-state index contributed by atoms with van der Waals surface area (Å²) in [7, 11) is 1.59. The van der Waals surface area contributed by atoms with E-state index in [4.69, 9.17) is 9.15 Å². The van der Waals surface area contributed by atoms with Crippen LogP contribution in [-0.4, -0.2) is 23.2 Å². The fourth-order valence-corrected chi connectivity index (χ4v) is 2.70. The fraction of sp³-hybridized carbons (Fsp3) is 0.286. The van der Waals surface area contributed by atoms with Crippen LogP contribution in [0.3, 0.4) is 0 Å². The number of nitrogens with one attached hydrogen (secondary N) is 1. The lowest BCUT2D eigenvalue weighted by Gasteiger charge is -2.05. The summed E-state index contributed by atoms with van der Waals surface area (Å²) in [6, 6.07) is 15.8. The maximum Gasteiger partial charge on any atom is 0.322 e. The van der Waals surface area contributed by atoms with E-state index < -0.39 is 0 Å². The normalized spacial score (nSPS) is 10.8. The number of benzene rings is 2. The van der Waals surface area contributed by atoms with E-state index >= 15 is 0 Å². The van der Waals surface area contributed by atoms with Gasteiger partial charge in [-0.2, -0.15) is 0 Å². The van der Waals surface area contributed by atoms with E-state index in [0.717, 1.165) is 11.1 Å². The number of anilines is 1. The van der Waals surface area contributed by atoms with Crippen LogP contribution in [0.5, 0.6) is 5.75 Å². The minimum atomic E-state index is -0.222. The first kappa shape index (κ1) is 18.6. The number of aromatic nitrogens is 2. The number of rotatable bonds is 7. The lowest BCUT2D eigenvalue weighted by molar-refractivity contribution is -0.115. The molecule has 3 aromatic rings. The summed E-state index contributed by atoms with van der Waals surface area (Å²) >= 11 is 0. The first-order chi connectivity index (χ1) is 13.0.